The maximum Gasteiger partial charge on any atom is 0.213 e. The molecule has 5 nitrogen and oxygen atoms in total. The molecule has 3 aromatic rings. The molecule has 0 unspecified atom stereocenters. The van der Waals surface area contributed by atoms with Crippen LogP contribution < -0.4 is 10.6 Å². The van der Waals surface area contributed by atoms with E-state index >= 15 is 0 Å². The topological polar surface area (TPSA) is 77.9 Å². The number of fused-ring (bicyclic) bond motifs is 1. The van der Waals surface area contributed by atoms with Crippen molar-refractivity contribution < 1.29 is 4.79 Å². The number of rotatable bonds is 6. The molecule has 0 spiro atoms. The first-order valence-electron chi connectivity index (χ1n) is 9.51. The van der Waals surface area contributed by atoms with Crippen LogP contribution in [0.25, 0.3) is 22.2 Å². The molecule has 0 atom stereocenters. The van der Waals surface area contributed by atoms with E-state index in [4.69, 9.17) is 10.4 Å². The monoisotopic (exact) mass is 374 g/mol. The number of anilines is 1. The Labute approximate surface area is 165 Å². The molecule has 0 saturated carbocycles. The van der Waals surface area contributed by atoms with Crippen molar-refractivity contribution in [2.24, 2.45) is 0 Å². The third-order valence-electron chi connectivity index (χ3n) is 5.00. The van der Waals surface area contributed by atoms with Crippen LogP contribution in [0.1, 0.15) is 39.2 Å². The normalized spacial score (nSPS) is 11.2. The van der Waals surface area contributed by atoms with Crippen molar-refractivity contribution in [3.05, 3.63) is 60.2 Å². The van der Waals surface area contributed by atoms with Crippen molar-refractivity contribution in [3.8, 4) is 11.3 Å². The average molecular weight is 374 g/mol. The summed E-state index contributed by atoms with van der Waals surface area (Å²) in [6.07, 6.45) is 2.68. The molecule has 5 heteroatoms. The molecule has 0 bridgehead atoms. The molecule has 3 rings (SSSR count). The minimum absolute atomic E-state index is 0.0485. The number of pyridine rings is 1. The molecule has 0 aliphatic heterocycles. The van der Waals surface area contributed by atoms with Crippen LogP contribution in [0.2, 0.25) is 0 Å². The number of hydrogen-bond donors (Lipinski definition) is 3. The zero-order chi connectivity index (χ0) is 20.1. The number of carbonyl (C=O) groups is 1. The Kier molecular flexibility index (Phi) is 5.73. The summed E-state index contributed by atoms with van der Waals surface area (Å²) in [6, 6.07) is 18.2. The summed E-state index contributed by atoms with van der Waals surface area (Å²) in [4.78, 5) is 15.5. The van der Waals surface area contributed by atoms with Gasteiger partial charge < -0.3 is 5.32 Å². The molecular weight excluding hydrogens is 348 g/mol. The van der Waals surface area contributed by atoms with Gasteiger partial charge in [0.05, 0.1) is 16.9 Å². The number of guanidine groups is 1. The van der Waals surface area contributed by atoms with Gasteiger partial charge in [-0.25, -0.2) is 4.98 Å². The third kappa shape index (κ3) is 4.19. The molecule has 144 valence electrons. The second kappa shape index (κ2) is 8.21. The number of nitrogens with zero attached hydrogens (tertiary/aromatic N) is 1. The smallest absolute Gasteiger partial charge is 0.213 e. The Morgan fingerprint density at radius 1 is 1.14 bits per heavy atom. The summed E-state index contributed by atoms with van der Waals surface area (Å²) in [5, 5.41) is 14.2. The van der Waals surface area contributed by atoms with Gasteiger partial charge in [0, 0.05) is 10.9 Å². The standard InChI is InChI=1S/C23H26N4O/c1-4-12-23(2,3)17-10-11-19-18(13-17)21(27-22(24)25-15-28)14-20(26-19)16-8-6-5-7-9-16/h5-11,13-15H,4,12H2,1-3H3,(H3,24,25,26,27,28). The first-order valence-corrected chi connectivity index (χ1v) is 9.51. The Bertz CT molecular complexity index is 996. The van der Waals surface area contributed by atoms with Gasteiger partial charge in [-0.1, -0.05) is 63.6 Å². The molecule has 1 aromatic heterocycles. The summed E-state index contributed by atoms with van der Waals surface area (Å²) in [5.74, 6) is -0.0697. The van der Waals surface area contributed by atoms with Crippen LogP contribution in [-0.2, 0) is 10.2 Å². The maximum absolute atomic E-state index is 10.7. The van der Waals surface area contributed by atoms with E-state index in [0.717, 1.165) is 40.7 Å². The summed E-state index contributed by atoms with van der Waals surface area (Å²) in [6.45, 7) is 6.68. The highest BCUT2D eigenvalue weighted by Crippen LogP contribution is 2.34. The van der Waals surface area contributed by atoms with Crippen molar-refractivity contribution in [2.75, 3.05) is 5.32 Å². The van der Waals surface area contributed by atoms with Crippen molar-refractivity contribution in [1.29, 1.82) is 5.41 Å². The van der Waals surface area contributed by atoms with E-state index in [9.17, 15) is 4.79 Å². The van der Waals surface area contributed by atoms with Gasteiger partial charge in [0.1, 0.15) is 0 Å². The molecule has 2 aromatic carbocycles. The zero-order valence-electron chi connectivity index (χ0n) is 16.5. The number of carbonyl (C=O) groups excluding carboxylic acids is 1. The predicted molar refractivity (Wildman–Crippen MR) is 116 cm³/mol. The summed E-state index contributed by atoms with van der Waals surface area (Å²) in [5.41, 5.74) is 4.69. The lowest BCUT2D eigenvalue weighted by Crippen LogP contribution is -2.28. The number of nitrogens with one attached hydrogen (secondary N) is 3. The first-order chi connectivity index (χ1) is 13.4. The van der Waals surface area contributed by atoms with E-state index in [1.54, 1.807) is 0 Å². The van der Waals surface area contributed by atoms with Crippen LogP contribution in [0.3, 0.4) is 0 Å². The predicted octanol–water partition coefficient (Wildman–Crippen LogP) is 5.07. The fourth-order valence-electron chi connectivity index (χ4n) is 3.51. The maximum atomic E-state index is 10.7. The Balaban J connectivity index is 2.16. The quantitative estimate of drug-likeness (QED) is 0.320. The SMILES string of the molecule is CCCC(C)(C)c1ccc2nc(-c3ccccc3)cc(NC(=N)NC=O)c2c1. The summed E-state index contributed by atoms with van der Waals surface area (Å²) >= 11 is 0. The lowest BCUT2D eigenvalue weighted by Gasteiger charge is -2.25. The van der Waals surface area contributed by atoms with Crippen LogP contribution in [0.5, 0.6) is 0 Å². The molecule has 1 amide bonds. The molecule has 0 fully saturated rings. The fourth-order valence-corrected chi connectivity index (χ4v) is 3.51. The van der Waals surface area contributed by atoms with Crippen LogP contribution >= 0.6 is 0 Å². The van der Waals surface area contributed by atoms with Gasteiger partial charge in [-0.3, -0.25) is 15.5 Å². The van der Waals surface area contributed by atoms with Gasteiger partial charge in [0.25, 0.3) is 0 Å². The molecule has 0 saturated heterocycles. The van der Waals surface area contributed by atoms with E-state index in [0.29, 0.717) is 6.41 Å². The fraction of sp³-hybridized carbons (Fsp3) is 0.261. The molecule has 28 heavy (non-hydrogen) atoms. The van der Waals surface area contributed by atoms with Crippen LogP contribution in [0, 0.1) is 5.41 Å². The number of amides is 1. The Hall–Kier alpha value is -3.21. The van der Waals surface area contributed by atoms with E-state index < -0.39 is 0 Å². The highest BCUT2D eigenvalue weighted by Gasteiger charge is 2.20. The Morgan fingerprint density at radius 3 is 2.57 bits per heavy atom. The van der Waals surface area contributed by atoms with Crippen LogP contribution in [0.4, 0.5) is 5.69 Å². The highest BCUT2D eigenvalue weighted by atomic mass is 16.1. The third-order valence-corrected chi connectivity index (χ3v) is 5.00. The highest BCUT2D eigenvalue weighted by molar-refractivity contribution is 6.05. The first kappa shape index (κ1) is 19.5. The molecule has 3 N–H and O–H groups in total. The van der Waals surface area contributed by atoms with Crippen molar-refractivity contribution in [2.45, 2.75) is 39.0 Å². The molecule has 0 aliphatic carbocycles. The van der Waals surface area contributed by atoms with E-state index in [-0.39, 0.29) is 11.4 Å². The number of hydrogen-bond acceptors (Lipinski definition) is 3. The van der Waals surface area contributed by atoms with E-state index in [1.165, 1.54) is 5.56 Å². The van der Waals surface area contributed by atoms with Gasteiger partial charge in [-0.05, 0) is 35.6 Å². The average Bonchev–Trinajstić information content (AvgIpc) is 2.68. The second-order valence-electron chi connectivity index (χ2n) is 7.55. The second-order valence-corrected chi connectivity index (χ2v) is 7.55. The Morgan fingerprint density at radius 2 is 1.89 bits per heavy atom. The minimum atomic E-state index is -0.0697. The van der Waals surface area contributed by atoms with Crippen LogP contribution in [-0.4, -0.2) is 17.4 Å². The zero-order valence-corrected chi connectivity index (χ0v) is 16.5. The van der Waals surface area contributed by atoms with Crippen molar-refractivity contribution in [1.82, 2.24) is 10.3 Å². The van der Waals surface area contributed by atoms with Gasteiger partial charge >= 0.3 is 0 Å². The van der Waals surface area contributed by atoms with Gasteiger partial charge in [0.15, 0.2) is 5.96 Å². The van der Waals surface area contributed by atoms with Crippen LogP contribution in [0.15, 0.2) is 54.6 Å². The lowest BCUT2D eigenvalue weighted by atomic mass is 9.80. The number of aromatic nitrogens is 1. The van der Waals surface area contributed by atoms with Gasteiger partial charge in [-0.2, -0.15) is 0 Å². The summed E-state index contributed by atoms with van der Waals surface area (Å²) in [7, 11) is 0. The molecule has 0 radical (unpaired) electrons. The van der Waals surface area contributed by atoms with Gasteiger partial charge in [0.2, 0.25) is 6.41 Å². The summed E-state index contributed by atoms with van der Waals surface area (Å²) < 4.78 is 0. The number of benzene rings is 2. The molecule has 0 aliphatic rings. The van der Waals surface area contributed by atoms with Gasteiger partial charge in [-0.15, -0.1) is 0 Å². The van der Waals surface area contributed by atoms with Crippen molar-refractivity contribution >= 4 is 29.0 Å². The largest absolute Gasteiger partial charge is 0.325 e. The minimum Gasteiger partial charge on any atom is -0.325 e. The van der Waals surface area contributed by atoms with E-state index in [1.807, 2.05) is 42.5 Å². The molecule has 1 heterocycles. The lowest BCUT2D eigenvalue weighted by molar-refractivity contribution is -0.108. The molecular formula is C23H26N4O. The van der Waals surface area contributed by atoms with Crippen molar-refractivity contribution in [3.63, 3.8) is 0 Å². The van der Waals surface area contributed by atoms with E-state index in [2.05, 4.69) is 43.5 Å².